The van der Waals surface area contributed by atoms with Crippen LogP contribution < -0.4 is 26.1 Å². The molecular weight excluding hydrogens is 701 g/mol. The Morgan fingerprint density at radius 2 is 1.67 bits per heavy atom. The summed E-state index contributed by atoms with van der Waals surface area (Å²) in [5.74, 6) is 0.343. The third-order valence-electron chi connectivity index (χ3n) is 11.9. The molecule has 0 unspecified atom stereocenters. The maximum absolute atomic E-state index is 13.4. The minimum Gasteiger partial charge on any atom is -0.367 e. The molecule has 2 N–H and O–H groups in total. The van der Waals surface area contributed by atoms with Crippen molar-refractivity contribution in [3.63, 3.8) is 0 Å². The summed E-state index contributed by atoms with van der Waals surface area (Å²) in [5, 5.41) is 6.51. The van der Waals surface area contributed by atoms with E-state index in [0.29, 0.717) is 35.4 Å². The molecule has 0 bridgehead atoms. The zero-order valence-corrected chi connectivity index (χ0v) is 31.4. The highest BCUT2D eigenvalue weighted by Gasteiger charge is 2.36. The van der Waals surface area contributed by atoms with E-state index in [-0.39, 0.29) is 30.0 Å². The summed E-state index contributed by atoms with van der Waals surface area (Å²) in [5.41, 5.74) is 4.73. The van der Waals surface area contributed by atoms with Gasteiger partial charge < -0.3 is 24.6 Å². The number of aryl methyl sites for hydroxylation is 1. The molecule has 16 nitrogen and oxygen atoms in total. The summed E-state index contributed by atoms with van der Waals surface area (Å²) in [7, 11) is 5.30. The SMILES string of the molecule is CN(C)C(=O)c1cc2cnc(Nc3ccc(N4CC(N5CCN(c6cccc7c6n(C)c(=O)n7[C@H]6CCC(=O)NC6=O)CC5)C4)cn3)nc2n1C1CCCC1. The number of piperidine rings is 1. The van der Waals surface area contributed by atoms with Crippen molar-refractivity contribution in [2.24, 2.45) is 7.05 Å². The van der Waals surface area contributed by atoms with Crippen molar-refractivity contribution in [3.8, 4) is 0 Å². The summed E-state index contributed by atoms with van der Waals surface area (Å²) in [6, 6.07) is 11.8. The van der Waals surface area contributed by atoms with E-state index in [1.165, 1.54) is 0 Å². The molecule has 16 heteroatoms. The number of rotatable bonds is 8. The van der Waals surface area contributed by atoms with Gasteiger partial charge in [0.05, 0.1) is 28.6 Å². The average molecular weight is 747 g/mol. The molecule has 286 valence electrons. The Kier molecular flexibility index (Phi) is 8.79. The van der Waals surface area contributed by atoms with Crippen LogP contribution in [0.25, 0.3) is 22.1 Å². The number of anilines is 4. The van der Waals surface area contributed by atoms with E-state index in [9.17, 15) is 19.2 Å². The number of hydrogen-bond donors (Lipinski definition) is 2. The van der Waals surface area contributed by atoms with E-state index in [4.69, 9.17) is 4.98 Å². The highest BCUT2D eigenvalue weighted by Crippen LogP contribution is 2.35. The first-order valence-electron chi connectivity index (χ1n) is 19.2. The van der Waals surface area contributed by atoms with Crippen LogP contribution in [0.2, 0.25) is 0 Å². The summed E-state index contributed by atoms with van der Waals surface area (Å²) in [4.78, 5) is 73.9. The van der Waals surface area contributed by atoms with Crippen LogP contribution in [0.15, 0.2) is 53.6 Å². The van der Waals surface area contributed by atoms with E-state index in [1.54, 1.807) is 41.4 Å². The quantitative estimate of drug-likeness (QED) is 0.225. The number of benzene rings is 1. The second-order valence-electron chi connectivity index (χ2n) is 15.4. The van der Waals surface area contributed by atoms with Crippen LogP contribution >= 0.6 is 0 Å². The predicted molar refractivity (Wildman–Crippen MR) is 209 cm³/mol. The number of nitrogens with one attached hydrogen (secondary N) is 2. The number of piperazine rings is 1. The Hall–Kier alpha value is -5.77. The van der Waals surface area contributed by atoms with Gasteiger partial charge in [-0.15, -0.1) is 0 Å². The van der Waals surface area contributed by atoms with E-state index >= 15 is 0 Å². The minimum atomic E-state index is -0.704. The summed E-state index contributed by atoms with van der Waals surface area (Å²) in [6.45, 7) is 5.27. The lowest BCUT2D eigenvalue weighted by molar-refractivity contribution is -0.135. The number of carbonyl (C=O) groups is 3. The number of aromatic nitrogens is 6. The highest BCUT2D eigenvalue weighted by atomic mass is 16.2. The van der Waals surface area contributed by atoms with E-state index in [2.05, 4.69) is 45.9 Å². The molecule has 3 amide bonds. The highest BCUT2D eigenvalue weighted by molar-refractivity contribution is 6.01. The second kappa shape index (κ2) is 13.8. The van der Waals surface area contributed by atoms with Crippen molar-refractivity contribution in [1.29, 1.82) is 0 Å². The maximum atomic E-state index is 13.4. The summed E-state index contributed by atoms with van der Waals surface area (Å²) in [6.07, 6.45) is 8.55. The average Bonchev–Trinajstić information content (AvgIpc) is 3.89. The number of fused-ring (bicyclic) bond motifs is 2. The molecule has 55 heavy (non-hydrogen) atoms. The van der Waals surface area contributed by atoms with Gasteiger partial charge in [-0.25, -0.2) is 14.8 Å². The number of imide groups is 1. The number of pyridine rings is 1. The first kappa shape index (κ1) is 35.0. The molecule has 7 heterocycles. The molecule has 0 radical (unpaired) electrons. The maximum Gasteiger partial charge on any atom is 0.329 e. The van der Waals surface area contributed by atoms with Gasteiger partial charge in [0.2, 0.25) is 17.8 Å². The monoisotopic (exact) mass is 746 g/mol. The summed E-state index contributed by atoms with van der Waals surface area (Å²) >= 11 is 0. The van der Waals surface area contributed by atoms with Gasteiger partial charge in [0.1, 0.15) is 23.2 Å². The van der Waals surface area contributed by atoms with Gasteiger partial charge in [0.25, 0.3) is 5.91 Å². The fourth-order valence-electron chi connectivity index (χ4n) is 8.88. The Labute approximate surface area is 317 Å². The normalized spacial score (nSPS) is 20.0. The number of imidazole rings is 1. The Bertz CT molecular complexity index is 2360. The van der Waals surface area contributed by atoms with Gasteiger partial charge in [-0.2, -0.15) is 4.98 Å². The van der Waals surface area contributed by atoms with Crippen LogP contribution in [-0.4, -0.2) is 116 Å². The molecule has 5 aromatic rings. The molecule has 1 saturated carbocycles. The molecule has 1 aromatic carbocycles. The lowest BCUT2D eigenvalue weighted by Crippen LogP contribution is -2.63. The van der Waals surface area contributed by atoms with Gasteiger partial charge in [-0.05, 0) is 49.6 Å². The van der Waals surface area contributed by atoms with Crippen molar-refractivity contribution in [3.05, 3.63) is 65.0 Å². The molecule has 9 rings (SSSR count). The zero-order valence-electron chi connectivity index (χ0n) is 31.4. The zero-order chi connectivity index (χ0) is 38.0. The lowest BCUT2D eigenvalue weighted by Gasteiger charge is -2.49. The van der Waals surface area contributed by atoms with Crippen LogP contribution in [0.5, 0.6) is 0 Å². The number of hydrogen-bond acceptors (Lipinski definition) is 11. The molecule has 4 fully saturated rings. The Morgan fingerprint density at radius 1 is 0.891 bits per heavy atom. The Morgan fingerprint density at radius 3 is 2.38 bits per heavy atom. The smallest absolute Gasteiger partial charge is 0.329 e. The largest absolute Gasteiger partial charge is 0.367 e. The van der Waals surface area contributed by atoms with E-state index < -0.39 is 11.9 Å². The van der Waals surface area contributed by atoms with Crippen LogP contribution in [-0.2, 0) is 16.6 Å². The third-order valence-corrected chi connectivity index (χ3v) is 11.9. The topological polar surface area (TPSA) is 159 Å². The number of nitrogens with zero attached hydrogens (tertiary/aromatic N) is 10. The molecule has 4 aromatic heterocycles. The first-order valence-corrected chi connectivity index (χ1v) is 19.2. The Balaban J connectivity index is 0.827. The molecule has 3 aliphatic heterocycles. The van der Waals surface area contributed by atoms with Crippen LogP contribution in [0, 0.1) is 0 Å². The van der Waals surface area contributed by atoms with Gasteiger partial charge in [-0.1, -0.05) is 18.9 Å². The van der Waals surface area contributed by atoms with Crippen molar-refractivity contribution in [2.45, 2.75) is 56.7 Å². The fraction of sp³-hybridized carbons (Fsp3) is 0.462. The standard InChI is InChI=1S/C39H46N12O4/c1-45(2)37(54)31-19-24-20-41-38(44-35(24)50(31)25-7-4-5-8-25)42-32-13-11-26(21-40-32)49-22-27(23-49)47-15-17-48(18-16-47)28-9-6-10-29-34(28)46(3)39(55)51(29)30-12-14-33(52)43-36(30)53/h6,9-11,13,19-21,25,27,30H,4-5,7-8,12,14-18,22-23H2,1-3H3,(H,43,52,53)(H,40,41,42,44)/t30-/m0/s1. The van der Waals surface area contributed by atoms with Gasteiger partial charge in [0.15, 0.2) is 0 Å². The molecule has 1 atom stereocenters. The molecule has 0 spiro atoms. The van der Waals surface area contributed by atoms with E-state index in [0.717, 1.165) is 92.9 Å². The minimum absolute atomic E-state index is 0.0319. The van der Waals surface area contributed by atoms with Crippen LogP contribution in [0.4, 0.5) is 23.1 Å². The van der Waals surface area contributed by atoms with Gasteiger partial charge >= 0.3 is 5.69 Å². The van der Waals surface area contributed by atoms with Crippen molar-refractivity contribution in [2.75, 3.05) is 68.5 Å². The number of carbonyl (C=O) groups excluding carboxylic acids is 3. The number of para-hydroxylation sites is 1. The predicted octanol–water partition coefficient (Wildman–Crippen LogP) is 3.03. The molecule has 4 aliphatic rings. The molecule has 3 saturated heterocycles. The third kappa shape index (κ3) is 6.17. The molecule has 1 aliphatic carbocycles. The van der Waals surface area contributed by atoms with Crippen LogP contribution in [0.3, 0.4) is 0 Å². The first-order chi connectivity index (χ1) is 26.6. The van der Waals surface area contributed by atoms with Crippen LogP contribution in [0.1, 0.15) is 61.1 Å². The van der Waals surface area contributed by atoms with Gasteiger partial charge in [0, 0.05) is 90.5 Å². The summed E-state index contributed by atoms with van der Waals surface area (Å²) < 4.78 is 5.29. The fourth-order valence-corrected chi connectivity index (χ4v) is 8.88. The molecular formula is C39H46N12O4. The van der Waals surface area contributed by atoms with Crippen molar-refractivity contribution < 1.29 is 14.4 Å². The second-order valence-corrected chi connectivity index (χ2v) is 15.4. The van der Waals surface area contributed by atoms with Crippen molar-refractivity contribution >= 4 is 62.9 Å². The van der Waals surface area contributed by atoms with Gasteiger partial charge in [-0.3, -0.25) is 33.7 Å². The van der Waals surface area contributed by atoms with E-state index in [1.807, 2.05) is 36.5 Å². The lowest BCUT2D eigenvalue weighted by atomic mass is 10.0. The number of amides is 3. The van der Waals surface area contributed by atoms with Crippen molar-refractivity contribution in [1.82, 2.24) is 43.8 Å².